The van der Waals surface area contributed by atoms with E-state index in [1.807, 2.05) is 0 Å². The molecule has 0 amide bonds. The van der Waals surface area contributed by atoms with Crippen LogP contribution < -0.4 is 5.14 Å². The smallest absolute Gasteiger partial charge is 0.225 e. The molecule has 7 nitrogen and oxygen atoms in total. The van der Waals surface area contributed by atoms with Crippen LogP contribution in [0.5, 0.6) is 0 Å². The van der Waals surface area contributed by atoms with Crippen LogP contribution in [0.4, 0.5) is 0 Å². The molecule has 0 saturated heterocycles. The summed E-state index contributed by atoms with van der Waals surface area (Å²) in [6.45, 7) is 0. The Hall–Kier alpha value is -0.680. The Kier molecular flexibility index (Phi) is 4.62. The average Bonchev–Trinajstić information content (AvgIpc) is 2.25. The van der Waals surface area contributed by atoms with Gasteiger partial charge in [0.15, 0.2) is 9.84 Å². The number of nitrogens with two attached hydrogens (primary N) is 1. The average molecular weight is 348 g/mol. The fraction of sp³-hybridized carbons (Fsp3) is 0.250. The number of halogens is 1. The first kappa shape index (κ1) is 16.4. The van der Waals surface area contributed by atoms with Crippen molar-refractivity contribution in [1.29, 1.82) is 0 Å². The third-order valence-corrected chi connectivity index (χ3v) is 6.18. The predicted molar refractivity (Wildman–Crippen MR) is 69.5 cm³/mol. The first-order valence-corrected chi connectivity index (χ1v) is 10.4. The number of hydrogen-bond donors (Lipinski definition) is 1. The van der Waals surface area contributed by atoms with Crippen LogP contribution in [-0.4, -0.2) is 36.8 Å². The van der Waals surface area contributed by atoms with Crippen LogP contribution >= 0.6 is 10.7 Å². The van der Waals surface area contributed by atoms with Crippen molar-refractivity contribution in [3.63, 3.8) is 0 Å². The Balaban J connectivity index is 3.04. The number of rotatable bonds is 5. The van der Waals surface area contributed by atoms with Gasteiger partial charge in [0, 0.05) is 10.7 Å². The second-order valence-corrected chi connectivity index (χ2v) is 10.1. The van der Waals surface area contributed by atoms with E-state index >= 15 is 0 Å². The zero-order chi connectivity index (χ0) is 14.9. The summed E-state index contributed by atoms with van der Waals surface area (Å²) in [7, 11) is -6.76. The molecule has 19 heavy (non-hydrogen) atoms. The minimum Gasteiger partial charge on any atom is -0.225 e. The van der Waals surface area contributed by atoms with Crippen molar-refractivity contribution in [1.82, 2.24) is 0 Å². The first-order valence-electron chi connectivity index (χ1n) is 4.70. The number of primary sulfonamides is 1. The Bertz CT molecular complexity index is 764. The molecule has 0 fully saturated rings. The predicted octanol–water partition coefficient (Wildman–Crippen LogP) is -0.324. The van der Waals surface area contributed by atoms with Crippen molar-refractivity contribution in [2.45, 2.75) is 9.79 Å². The van der Waals surface area contributed by atoms with Gasteiger partial charge in [0.1, 0.15) is 0 Å². The molecule has 0 atom stereocenters. The van der Waals surface area contributed by atoms with Crippen LogP contribution in [0.3, 0.4) is 0 Å². The lowest BCUT2D eigenvalue weighted by Crippen LogP contribution is -2.15. The highest BCUT2D eigenvalue weighted by Gasteiger charge is 2.19. The summed E-state index contributed by atoms with van der Waals surface area (Å²) in [6.07, 6.45) is 0. The maximum atomic E-state index is 11.7. The Labute approximate surface area is 115 Å². The van der Waals surface area contributed by atoms with Gasteiger partial charge in [0.05, 0.1) is 21.3 Å². The van der Waals surface area contributed by atoms with Crippen LogP contribution in [0.2, 0.25) is 0 Å². The molecule has 1 aromatic carbocycles. The van der Waals surface area contributed by atoms with Crippen LogP contribution in [0.25, 0.3) is 0 Å². The summed E-state index contributed by atoms with van der Waals surface area (Å²) in [6, 6.07) is 4.13. The van der Waals surface area contributed by atoms with Crippen molar-refractivity contribution in [2.24, 2.45) is 5.14 Å². The van der Waals surface area contributed by atoms with Gasteiger partial charge in [-0.05, 0) is 24.3 Å². The summed E-state index contributed by atoms with van der Waals surface area (Å²) in [5, 5.41) is 4.86. The van der Waals surface area contributed by atoms with Crippen molar-refractivity contribution in [3.8, 4) is 0 Å². The summed E-state index contributed by atoms with van der Waals surface area (Å²) in [5.41, 5.74) is 0. The van der Waals surface area contributed by atoms with E-state index < -0.39 is 40.4 Å². The topological polar surface area (TPSA) is 128 Å². The van der Waals surface area contributed by atoms with Crippen molar-refractivity contribution in [3.05, 3.63) is 24.3 Å². The molecule has 0 spiro atoms. The maximum absolute atomic E-state index is 11.7. The lowest BCUT2D eigenvalue weighted by Gasteiger charge is -2.04. The summed E-state index contributed by atoms with van der Waals surface area (Å²) < 4.78 is 66.8. The summed E-state index contributed by atoms with van der Waals surface area (Å²) >= 11 is 0. The van der Waals surface area contributed by atoms with E-state index in [2.05, 4.69) is 0 Å². The third kappa shape index (κ3) is 5.07. The monoisotopic (exact) mass is 347 g/mol. The standard InChI is InChI=1S/C8H10ClNO6S3/c9-18(13,14)6-5-17(11,12)7-1-3-8(4-2-7)19(10,15)16/h1-4H,5-6H2,(H2,10,15,16). The van der Waals surface area contributed by atoms with Gasteiger partial charge in [-0.2, -0.15) is 0 Å². The maximum Gasteiger partial charge on any atom is 0.238 e. The van der Waals surface area contributed by atoms with Gasteiger partial charge in [-0.25, -0.2) is 30.4 Å². The minimum atomic E-state index is -3.92. The molecular weight excluding hydrogens is 338 g/mol. The molecule has 0 radical (unpaired) electrons. The van der Waals surface area contributed by atoms with Gasteiger partial charge < -0.3 is 0 Å². The molecule has 1 aromatic rings. The molecular formula is C8H10ClNO6S3. The van der Waals surface area contributed by atoms with E-state index in [0.717, 1.165) is 24.3 Å². The highest BCUT2D eigenvalue weighted by Crippen LogP contribution is 2.15. The van der Waals surface area contributed by atoms with E-state index in [9.17, 15) is 25.3 Å². The quantitative estimate of drug-likeness (QED) is 0.726. The zero-order valence-electron chi connectivity index (χ0n) is 9.35. The SMILES string of the molecule is NS(=O)(=O)c1ccc(S(=O)(=O)CCS(=O)(=O)Cl)cc1. The van der Waals surface area contributed by atoms with Gasteiger partial charge >= 0.3 is 0 Å². The van der Waals surface area contributed by atoms with Crippen molar-refractivity contribution < 1.29 is 25.3 Å². The van der Waals surface area contributed by atoms with E-state index in [4.69, 9.17) is 15.8 Å². The third-order valence-electron chi connectivity index (χ3n) is 2.11. The van der Waals surface area contributed by atoms with E-state index in [1.165, 1.54) is 0 Å². The molecule has 0 saturated carbocycles. The fourth-order valence-corrected chi connectivity index (χ4v) is 4.71. The molecule has 1 rings (SSSR count). The molecule has 108 valence electrons. The van der Waals surface area contributed by atoms with Crippen molar-refractivity contribution in [2.75, 3.05) is 11.5 Å². The van der Waals surface area contributed by atoms with Crippen LogP contribution in [0, 0.1) is 0 Å². The molecule has 0 aliphatic carbocycles. The number of sulfonamides is 1. The Morgan fingerprint density at radius 2 is 1.26 bits per heavy atom. The molecule has 2 N–H and O–H groups in total. The van der Waals surface area contributed by atoms with E-state index in [-0.39, 0.29) is 9.79 Å². The summed E-state index contributed by atoms with van der Waals surface area (Å²) in [4.78, 5) is -0.448. The molecule has 0 bridgehead atoms. The van der Waals surface area contributed by atoms with Gasteiger partial charge in [-0.15, -0.1) is 0 Å². The minimum absolute atomic E-state index is 0.208. The number of hydrogen-bond acceptors (Lipinski definition) is 6. The van der Waals surface area contributed by atoms with Crippen LogP contribution in [0.1, 0.15) is 0 Å². The van der Waals surface area contributed by atoms with Crippen molar-refractivity contribution >= 4 is 39.6 Å². The molecule has 0 aliphatic rings. The Morgan fingerprint density at radius 3 is 1.63 bits per heavy atom. The molecule has 11 heteroatoms. The largest absolute Gasteiger partial charge is 0.238 e. The van der Waals surface area contributed by atoms with Crippen LogP contribution in [-0.2, 0) is 28.9 Å². The number of benzene rings is 1. The second-order valence-electron chi connectivity index (χ2n) is 3.58. The van der Waals surface area contributed by atoms with Gasteiger partial charge in [0.25, 0.3) is 0 Å². The molecule has 0 aromatic heterocycles. The van der Waals surface area contributed by atoms with Gasteiger partial charge in [-0.1, -0.05) is 0 Å². The molecule has 0 unspecified atom stereocenters. The fourth-order valence-electron chi connectivity index (χ4n) is 1.16. The highest BCUT2D eigenvalue weighted by atomic mass is 35.7. The highest BCUT2D eigenvalue weighted by molar-refractivity contribution is 8.14. The van der Waals surface area contributed by atoms with Gasteiger partial charge in [-0.3, -0.25) is 0 Å². The zero-order valence-corrected chi connectivity index (χ0v) is 12.6. The second kappa shape index (κ2) is 5.37. The van der Waals surface area contributed by atoms with Gasteiger partial charge in [0.2, 0.25) is 19.1 Å². The summed E-state index contributed by atoms with van der Waals surface area (Å²) in [5.74, 6) is -1.42. The lowest BCUT2D eigenvalue weighted by atomic mass is 10.4. The molecule has 0 aliphatic heterocycles. The lowest BCUT2D eigenvalue weighted by molar-refractivity contribution is 0.591. The molecule has 0 heterocycles. The number of sulfone groups is 1. The Morgan fingerprint density at radius 1 is 0.842 bits per heavy atom. The van der Waals surface area contributed by atoms with E-state index in [0.29, 0.717) is 0 Å². The first-order chi connectivity index (χ1) is 8.42. The van der Waals surface area contributed by atoms with E-state index in [1.54, 1.807) is 0 Å². The van der Waals surface area contributed by atoms with Crippen LogP contribution in [0.15, 0.2) is 34.1 Å². The normalized spacial score (nSPS) is 13.4.